The summed E-state index contributed by atoms with van der Waals surface area (Å²) >= 11 is 0. The second-order valence-corrected chi connectivity index (χ2v) is 11.2. The topological polar surface area (TPSA) is 52.2 Å². The minimum Gasteiger partial charge on any atom is -0.510 e. The van der Waals surface area contributed by atoms with Gasteiger partial charge in [0.1, 0.15) is 5.75 Å². The molecule has 3 aromatic rings. The zero-order valence-corrected chi connectivity index (χ0v) is 27.1. The maximum Gasteiger partial charge on any atom is 0.122 e. The number of phenols is 1. The maximum absolute atomic E-state index is 11.9. The molecule has 0 unspecified atom stereocenters. The normalized spacial score (nSPS) is 14.8. The van der Waals surface area contributed by atoms with E-state index in [1.807, 2.05) is 31.3 Å². The van der Waals surface area contributed by atoms with Crippen molar-refractivity contribution in [2.24, 2.45) is 0 Å². The molecule has 220 valence electrons. The van der Waals surface area contributed by atoms with Crippen molar-refractivity contribution in [3.8, 4) is 5.75 Å². The van der Waals surface area contributed by atoms with Crippen LogP contribution in [0.15, 0.2) is 73.2 Å². The molecule has 0 aliphatic carbocycles. The van der Waals surface area contributed by atoms with Crippen molar-refractivity contribution in [3.63, 3.8) is 0 Å². The number of aromatic hydroxyl groups is 1. The Bertz CT molecular complexity index is 1520. The van der Waals surface area contributed by atoms with E-state index in [1.165, 1.54) is 23.3 Å². The smallest absolute Gasteiger partial charge is 0.122 e. The Hall–Kier alpha value is -3.30. The molecular weight excluding hydrogens is 687 g/mol. The number of phenolic OH excluding ortho intramolecular Hbond substituents is 1. The molecule has 0 fully saturated rings. The molecule has 1 aliphatic heterocycles. The van der Waals surface area contributed by atoms with Gasteiger partial charge in [0.15, 0.2) is 0 Å². The van der Waals surface area contributed by atoms with Gasteiger partial charge in [0.25, 0.3) is 0 Å². The van der Waals surface area contributed by atoms with Gasteiger partial charge in [-0.3, -0.25) is 0 Å². The van der Waals surface area contributed by atoms with Crippen molar-refractivity contribution < 1.29 is 30.3 Å². The van der Waals surface area contributed by atoms with Gasteiger partial charge < -0.3 is 25.2 Å². The summed E-state index contributed by atoms with van der Waals surface area (Å²) in [7, 11) is 0. The molecule has 1 aliphatic rings. The van der Waals surface area contributed by atoms with Crippen molar-refractivity contribution in [2.75, 3.05) is 16.8 Å². The molecule has 0 spiro atoms. The summed E-state index contributed by atoms with van der Waals surface area (Å²) in [6.07, 6.45) is 5.09. The summed E-state index contributed by atoms with van der Waals surface area (Å²) in [5.74, 6) is 0.552. The molecule has 5 nitrogen and oxygen atoms in total. The van der Waals surface area contributed by atoms with Crippen molar-refractivity contribution in [3.05, 3.63) is 119 Å². The third-order valence-electron chi connectivity index (χ3n) is 7.16. The van der Waals surface area contributed by atoms with E-state index in [9.17, 15) is 10.5 Å². The summed E-state index contributed by atoms with van der Waals surface area (Å²) in [5.41, 5.74) is 6.91. The molecule has 0 bridgehead atoms. The number of allylic oxidation sites excluding steroid dienone is 1. The van der Waals surface area contributed by atoms with Gasteiger partial charge in [-0.25, -0.2) is 0 Å². The fraction of sp³-hybridized carbons (Fsp3) is 0.314. The van der Waals surface area contributed by atoms with Gasteiger partial charge >= 0.3 is 0 Å². The Kier molecular flexibility index (Phi) is 9.22. The Balaban J connectivity index is 0.00000529. The van der Waals surface area contributed by atoms with Crippen molar-refractivity contribution in [2.45, 2.75) is 66.2 Å². The predicted octanol–water partition coefficient (Wildman–Crippen LogP) is 8.79. The van der Waals surface area contributed by atoms with Crippen LogP contribution in [0.3, 0.4) is 0 Å². The molecule has 0 amide bonds. The number of para-hydroxylation sites is 1. The van der Waals surface area contributed by atoms with Gasteiger partial charge in [-0.1, -0.05) is 84.5 Å². The molecule has 4 rings (SSSR count). The standard InChI is InChI=1S/C35H41N4O.Pt/c1-23(2)28-19-31(24(3)4)34(32(20-28)25(5)6)39(35(36)30-14-9-10-15-33(30)40)21-26(7)27-12-11-13-29(18-27)38-17-16-37(8)22-38;/h9-17,19-25,40H,1-8H3;/q-3;/b26-21+;/i8D3;. The Morgan fingerprint density at radius 1 is 0.976 bits per heavy atom. The average Bonchev–Trinajstić information content (AvgIpc) is 3.46. The van der Waals surface area contributed by atoms with Gasteiger partial charge in [-0.15, -0.1) is 41.6 Å². The van der Waals surface area contributed by atoms with Crippen LogP contribution in [0.5, 0.6) is 5.75 Å². The summed E-state index contributed by atoms with van der Waals surface area (Å²) in [4.78, 5) is 4.68. The summed E-state index contributed by atoms with van der Waals surface area (Å²) < 4.78 is 23.1. The quantitative estimate of drug-likeness (QED) is 0.143. The first-order chi connectivity index (χ1) is 20.2. The van der Waals surface area contributed by atoms with Crippen LogP contribution in [0.4, 0.5) is 11.4 Å². The number of anilines is 2. The molecule has 1 N–H and O–H groups in total. The number of hydrogen-bond acceptors (Lipinski definition) is 3. The molecule has 0 aromatic heterocycles. The van der Waals surface area contributed by atoms with Crippen LogP contribution in [-0.2, 0) is 21.1 Å². The van der Waals surface area contributed by atoms with E-state index in [-0.39, 0.29) is 44.5 Å². The third-order valence-corrected chi connectivity index (χ3v) is 7.16. The SMILES string of the molecule is [2H]C([2H])([2H])N1C=CN(c2[c-]c(/C(C)=C/N(C(=[N-])c3ccccc3O)c3c(C(C)C)cc(C(C)C)cc3C(C)C)ccc2)[CH-]1.[Pt]. The molecule has 1 heterocycles. The largest absolute Gasteiger partial charge is 0.510 e. The van der Waals surface area contributed by atoms with E-state index in [1.54, 1.807) is 40.3 Å². The Morgan fingerprint density at radius 2 is 1.63 bits per heavy atom. The first-order valence-corrected chi connectivity index (χ1v) is 13.8. The second-order valence-electron chi connectivity index (χ2n) is 11.2. The van der Waals surface area contributed by atoms with E-state index >= 15 is 0 Å². The number of nitrogens with zero attached hydrogens (tertiary/aromatic N) is 4. The molecule has 6 heteroatoms. The predicted molar refractivity (Wildman–Crippen MR) is 169 cm³/mol. The summed E-state index contributed by atoms with van der Waals surface area (Å²) in [5, 5.41) is 22.6. The first kappa shape index (κ1) is 27.8. The van der Waals surface area contributed by atoms with Gasteiger partial charge in [0, 0.05) is 30.7 Å². The fourth-order valence-corrected chi connectivity index (χ4v) is 4.82. The van der Waals surface area contributed by atoms with Gasteiger partial charge in [-0.05, 0) is 71.4 Å². The van der Waals surface area contributed by atoms with Crippen LogP contribution < -0.4 is 9.80 Å². The Labute approximate surface area is 265 Å². The van der Waals surface area contributed by atoms with E-state index in [0.29, 0.717) is 17.2 Å². The van der Waals surface area contributed by atoms with E-state index < -0.39 is 6.98 Å². The fourth-order valence-electron chi connectivity index (χ4n) is 4.82. The first-order valence-electron chi connectivity index (χ1n) is 15.3. The van der Waals surface area contributed by atoms with Gasteiger partial charge in [0.2, 0.25) is 0 Å². The van der Waals surface area contributed by atoms with Crippen LogP contribution in [0.1, 0.15) is 98.1 Å². The molecule has 0 radical (unpaired) electrons. The maximum atomic E-state index is 11.9. The molecule has 41 heavy (non-hydrogen) atoms. The average molecular weight is 732 g/mol. The number of benzene rings is 3. The van der Waals surface area contributed by atoms with Crippen LogP contribution >= 0.6 is 0 Å². The molecule has 3 aromatic carbocycles. The minimum atomic E-state index is -2.27. The van der Waals surface area contributed by atoms with Gasteiger partial charge in [-0.2, -0.15) is 6.67 Å². The van der Waals surface area contributed by atoms with E-state index in [2.05, 4.69) is 59.7 Å². The van der Waals surface area contributed by atoms with Crippen molar-refractivity contribution >= 4 is 22.8 Å². The van der Waals surface area contributed by atoms with E-state index in [0.717, 1.165) is 28.0 Å². The van der Waals surface area contributed by atoms with Crippen LogP contribution in [0, 0.1) is 12.7 Å². The molecule has 0 saturated carbocycles. The second kappa shape index (κ2) is 13.6. The van der Waals surface area contributed by atoms with Crippen LogP contribution in [-0.4, -0.2) is 22.8 Å². The number of hydrogen-bond donors (Lipinski definition) is 1. The van der Waals surface area contributed by atoms with Crippen molar-refractivity contribution in [1.29, 1.82) is 0 Å². The summed E-state index contributed by atoms with van der Waals surface area (Å²) in [6.45, 7) is 14.2. The molecule has 0 saturated heterocycles. The van der Waals surface area contributed by atoms with Crippen molar-refractivity contribution in [1.82, 2.24) is 4.90 Å². The van der Waals surface area contributed by atoms with Gasteiger partial charge in [0.05, 0.1) is 0 Å². The Morgan fingerprint density at radius 3 is 2.20 bits per heavy atom. The third kappa shape index (κ3) is 7.13. The monoisotopic (exact) mass is 731 g/mol. The van der Waals surface area contributed by atoms with E-state index in [4.69, 9.17) is 4.11 Å². The molecular formula is C35H41N4OPt-3. The zero-order valence-electron chi connectivity index (χ0n) is 27.8. The number of amidine groups is 1. The number of rotatable bonds is 8. The minimum absolute atomic E-state index is 0. The van der Waals surface area contributed by atoms with Crippen LogP contribution in [0.2, 0.25) is 0 Å². The zero-order chi connectivity index (χ0) is 31.6. The molecule has 0 atom stereocenters. The van der Waals surface area contributed by atoms with Crippen LogP contribution in [0.25, 0.3) is 11.0 Å². The summed E-state index contributed by atoms with van der Waals surface area (Å²) in [6, 6.07) is 20.3.